The fourth-order valence-electron chi connectivity index (χ4n) is 2.72. The second kappa shape index (κ2) is 7.64. The van der Waals surface area contributed by atoms with E-state index in [-0.39, 0.29) is 6.03 Å². The summed E-state index contributed by atoms with van der Waals surface area (Å²) in [5.74, 6) is 1.88. The maximum Gasteiger partial charge on any atom is 0.317 e. The third-order valence-corrected chi connectivity index (χ3v) is 5.11. The van der Waals surface area contributed by atoms with Crippen LogP contribution in [0.15, 0.2) is 12.3 Å². The number of aryl methyl sites for hydroxylation is 1. The summed E-state index contributed by atoms with van der Waals surface area (Å²) in [5, 5.41) is 3.65. The molecule has 0 aromatic carbocycles. The molecular formula is C15H24N4OS. The molecule has 1 aliphatic carbocycles. The average Bonchev–Trinajstić information content (AvgIpc) is 2.93. The Morgan fingerprint density at radius 3 is 3.05 bits per heavy atom. The lowest BCUT2D eigenvalue weighted by Crippen LogP contribution is -2.42. The highest BCUT2D eigenvalue weighted by Gasteiger charge is 2.29. The number of nitrogens with one attached hydrogen (secondary N) is 1. The number of amides is 2. The second-order valence-corrected chi connectivity index (χ2v) is 6.99. The predicted octanol–water partition coefficient (Wildman–Crippen LogP) is 2.60. The van der Waals surface area contributed by atoms with Crippen molar-refractivity contribution in [3.05, 3.63) is 23.8 Å². The third-order valence-electron chi connectivity index (χ3n) is 3.88. The highest BCUT2D eigenvalue weighted by molar-refractivity contribution is 7.99. The molecule has 6 heteroatoms. The van der Waals surface area contributed by atoms with Gasteiger partial charge in [0, 0.05) is 24.5 Å². The second-order valence-electron chi connectivity index (χ2n) is 5.41. The van der Waals surface area contributed by atoms with E-state index in [0.29, 0.717) is 17.8 Å². The number of urea groups is 1. The number of rotatable bonds is 5. The van der Waals surface area contributed by atoms with Gasteiger partial charge in [0.1, 0.15) is 5.82 Å². The topological polar surface area (TPSA) is 58.1 Å². The van der Waals surface area contributed by atoms with E-state index in [4.69, 9.17) is 0 Å². The molecule has 0 saturated heterocycles. The molecule has 5 nitrogen and oxygen atoms in total. The summed E-state index contributed by atoms with van der Waals surface area (Å²) in [6.45, 7) is 4.49. The Balaban J connectivity index is 1.80. The van der Waals surface area contributed by atoms with Crippen LogP contribution < -0.4 is 5.32 Å². The molecular weight excluding hydrogens is 284 g/mol. The first-order chi connectivity index (χ1) is 10.1. The summed E-state index contributed by atoms with van der Waals surface area (Å²) in [4.78, 5) is 22.4. The molecule has 21 heavy (non-hydrogen) atoms. The zero-order chi connectivity index (χ0) is 15.2. The van der Waals surface area contributed by atoms with Crippen LogP contribution in [0.4, 0.5) is 4.79 Å². The quantitative estimate of drug-likeness (QED) is 0.908. The Labute approximate surface area is 130 Å². The molecule has 1 fully saturated rings. The molecule has 0 aliphatic heterocycles. The molecule has 2 amide bonds. The van der Waals surface area contributed by atoms with Gasteiger partial charge < -0.3 is 10.2 Å². The lowest BCUT2D eigenvalue weighted by atomic mass is 10.2. The van der Waals surface area contributed by atoms with Gasteiger partial charge in [0.25, 0.3) is 0 Å². The highest BCUT2D eigenvalue weighted by Crippen LogP contribution is 2.32. The van der Waals surface area contributed by atoms with Gasteiger partial charge in [-0.2, -0.15) is 11.8 Å². The van der Waals surface area contributed by atoms with Gasteiger partial charge in [-0.25, -0.2) is 14.8 Å². The van der Waals surface area contributed by atoms with E-state index in [1.807, 2.05) is 36.7 Å². The van der Waals surface area contributed by atoms with Crippen molar-refractivity contribution >= 4 is 17.8 Å². The molecule has 0 unspecified atom stereocenters. The van der Waals surface area contributed by atoms with E-state index < -0.39 is 0 Å². The Bertz CT molecular complexity index is 482. The van der Waals surface area contributed by atoms with Gasteiger partial charge in [-0.1, -0.05) is 6.92 Å². The zero-order valence-corrected chi connectivity index (χ0v) is 13.8. The standard InChI is InChI=1S/C15H24N4OS/c1-4-21-14-6-5-13(9-14)19(3)15(20)17-10-12-7-8-16-11(2)18-12/h7-8,13-14H,4-6,9-10H2,1-3H3,(H,17,20)/t13-,14-/m1/s1. The number of aromatic nitrogens is 2. The average molecular weight is 308 g/mol. The van der Waals surface area contributed by atoms with E-state index in [2.05, 4.69) is 22.2 Å². The first kappa shape index (κ1) is 16.1. The lowest BCUT2D eigenvalue weighted by Gasteiger charge is -2.25. The van der Waals surface area contributed by atoms with Gasteiger partial charge in [-0.15, -0.1) is 0 Å². The van der Waals surface area contributed by atoms with Crippen LogP contribution in [-0.2, 0) is 6.54 Å². The van der Waals surface area contributed by atoms with Gasteiger partial charge >= 0.3 is 6.03 Å². The monoisotopic (exact) mass is 308 g/mol. The summed E-state index contributed by atoms with van der Waals surface area (Å²) in [6.07, 6.45) is 5.15. The fourth-order valence-corrected chi connectivity index (χ4v) is 3.85. The number of hydrogen-bond donors (Lipinski definition) is 1. The molecule has 1 N–H and O–H groups in total. The van der Waals surface area contributed by atoms with Crippen molar-refractivity contribution in [2.24, 2.45) is 0 Å². The van der Waals surface area contributed by atoms with Crippen LogP contribution in [0.5, 0.6) is 0 Å². The van der Waals surface area contributed by atoms with Crippen LogP contribution in [0.2, 0.25) is 0 Å². The zero-order valence-electron chi connectivity index (χ0n) is 13.0. The maximum absolute atomic E-state index is 12.2. The molecule has 1 aromatic heterocycles. The Kier molecular flexibility index (Phi) is 5.85. The van der Waals surface area contributed by atoms with Gasteiger partial charge in [-0.3, -0.25) is 0 Å². The normalized spacial score (nSPS) is 21.3. The first-order valence-electron chi connectivity index (χ1n) is 7.51. The molecule has 1 heterocycles. The number of carbonyl (C=O) groups excluding carboxylic acids is 1. The summed E-state index contributed by atoms with van der Waals surface area (Å²) >= 11 is 2.01. The van der Waals surface area contributed by atoms with Crippen LogP contribution in [0.3, 0.4) is 0 Å². The fraction of sp³-hybridized carbons (Fsp3) is 0.667. The van der Waals surface area contributed by atoms with Gasteiger partial charge in [-0.05, 0) is 38.0 Å². The molecule has 1 aliphatic rings. The van der Waals surface area contributed by atoms with Crippen LogP contribution in [-0.4, -0.2) is 45.0 Å². The summed E-state index contributed by atoms with van der Waals surface area (Å²) in [6, 6.07) is 2.18. The molecule has 116 valence electrons. The first-order valence-corrected chi connectivity index (χ1v) is 8.55. The Morgan fingerprint density at radius 2 is 2.33 bits per heavy atom. The minimum absolute atomic E-state index is 0.0154. The van der Waals surface area contributed by atoms with E-state index in [1.165, 1.54) is 6.42 Å². The number of thioether (sulfide) groups is 1. The van der Waals surface area contributed by atoms with Crippen LogP contribution >= 0.6 is 11.8 Å². The number of carbonyl (C=O) groups is 1. The van der Waals surface area contributed by atoms with Crippen molar-refractivity contribution in [2.45, 2.75) is 50.9 Å². The van der Waals surface area contributed by atoms with E-state index in [1.54, 1.807) is 6.20 Å². The van der Waals surface area contributed by atoms with Gasteiger partial charge in [0.2, 0.25) is 0 Å². The van der Waals surface area contributed by atoms with Crippen molar-refractivity contribution in [1.29, 1.82) is 0 Å². The number of hydrogen-bond acceptors (Lipinski definition) is 4. The summed E-state index contributed by atoms with van der Waals surface area (Å²) < 4.78 is 0. The van der Waals surface area contributed by atoms with E-state index in [0.717, 1.165) is 30.1 Å². The minimum Gasteiger partial charge on any atom is -0.332 e. The smallest absolute Gasteiger partial charge is 0.317 e. The summed E-state index contributed by atoms with van der Waals surface area (Å²) in [7, 11) is 1.89. The van der Waals surface area contributed by atoms with E-state index >= 15 is 0 Å². The van der Waals surface area contributed by atoms with Crippen molar-refractivity contribution < 1.29 is 4.79 Å². The summed E-state index contributed by atoms with van der Waals surface area (Å²) in [5.41, 5.74) is 0.843. The highest BCUT2D eigenvalue weighted by atomic mass is 32.2. The van der Waals surface area contributed by atoms with Gasteiger partial charge in [0.15, 0.2) is 0 Å². The van der Waals surface area contributed by atoms with Crippen LogP contribution in [0.25, 0.3) is 0 Å². The largest absolute Gasteiger partial charge is 0.332 e. The number of nitrogens with zero attached hydrogens (tertiary/aromatic N) is 3. The molecule has 2 atom stereocenters. The molecule has 0 spiro atoms. The van der Waals surface area contributed by atoms with Crippen molar-refractivity contribution in [3.63, 3.8) is 0 Å². The van der Waals surface area contributed by atoms with Crippen LogP contribution in [0.1, 0.15) is 37.7 Å². The molecule has 0 bridgehead atoms. The predicted molar refractivity (Wildman–Crippen MR) is 86.3 cm³/mol. The van der Waals surface area contributed by atoms with E-state index in [9.17, 15) is 4.79 Å². The SMILES string of the molecule is CCS[C@@H]1CC[C@@H](N(C)C(=O)NCc2ccnc(C)n2)C1. The van der Waals surface area contributed by atoms with Crippen molar-refractivity contribution in [3.8, 4) is 0 Å². The molecule has 2 rings (SSSR count). The Hall–Kier alpha value is -1.30. The molecule has 1 aromatic rings. The molecule has 1 saturated carbocycles. The van der Waals surface area contributed by atoms with Crippen molar-refractivity contribution in [2.75, 3.05) is 12.8 Å². The minimum atomic E-state index is -0.0154. The Morgan fingerprint density at radius 1 is 1.52 bits per heavy atom. The van der Waals surface area contributed by atoms with Crippen molar-refractivity contribution in [1.82, 2.24) is 20.2 Å². The third kappa shape index (κ3) is 4.59. The van der Waals surface area contributed by atoms with Gasteiger partial charge in [0.05, 0.1) is 12.2 Å². The lowest BCUT2D eigenvalue weighted by molar-refractivity contribution is 0.190. The maximum atomic E-state index is 12.2. The molecule has 0 radical (unpaired) electrons. The van der Waals surface area contributed by atoms with Crippen LogP contribution in [0, 0.1) is 6.92 Å².